The molecule has 6 nitrogen and oxygen atoms in total. The first kappa shape index (κ1) is 64.1. The molecule has 0 aliphatic rings. The molecular weight excluding hydrogens is 815 g/mol. The Morgan fingerprint density at radius 3 is 1.15 bits per heavy atom. The summed E-state index contributed by atoms with van der Waals surface area (Å²) in [6, 6.07) is -0.640. The number of hydrogen-bond acceptors (Lipinski definition) is 5. The molecule has 388 valence electrons. The number of aliphatic hydroxyl groups is 2. The number of nitrogens with one attached hydrogen (secondary N) is 1. The molecule has 0 spiro atoms. The quantitative estimate of drug-likeness (QED) is 0.0321. The number of carbonyl (C=O) groups excluding carboxylic acids is 2. The Balaban J connectivity index is 3.52. The van der Waals surface area contributed by atoms with E-state index in [0.29, 0.717) is 19.4 Å². The predicted molar refractivity (Wildman–Crippen MR) is 287 cm³/mol. The first-order valence-corrected chi connectivity index (χ1v) is 29.3. The molecule has 0 aromatic carbocycles. The van der Waals surface area contributed by atoms with Crippen molar-refractivity contribution in [1.82, 2.24) is 5.32 Å². The number of amides is 1. The van der Waals surface area contributed by atoms with E-state index in [1.54, 1.807) is 6.08 Å². The maximum atomic E-state index is 12.5. The predicted octanol–water partition coefficient (Wildman–Crippen LogP) is 18.0. The summed E-state index contributed by atoms with van der Waals surface area (Å²) < 4.78 is 5.46. The zero-order chi connectivity index (χ0) is 47.9. The van der Waals surface area contributed by atoms with Gasteiger partial charge in [-0.15, -0.1) is 0 Å². The fraction of sp³-hybridized carbons (Fsp3) is 0.867. The van der Waals surface area contributed by atoms with Crippen LogP contribution in [0.25, 0.3) is 0 Å². The lowest BCUT2D eigenvalue weighted by Gasteiger charge is -2.20. The van der Waals surface area contributed by atoms with E-state index in [1.165, 1.54) is 199 Å². The molecule has 66 heavy (non-hydrogen) atoms. The summed E-state index contributed by atoms with van der Waals surface area (Å²) in [5.74, 6) is -0.0964. The normalized spacial score (nSPS) is 12.8. The number of allylic oxidation sites excluding steroid dienone is 5. The van der Waals surface area contributed by atoms with Gasteiger partial charge >= 0.3 is 5.97 Å². The zero-order valence-corrected chi connectivity index (χ0v) is 44.2. The maximum Gasteiger partial charge on any atom is 0.305 e. The molecule has 0 aliphatic heterocycles. The number of carbonyl (C=O) groups is 2. The fourth-order valence-electron chi connectivity index (χ4n) is 8.90. The van der Waals surface area contributed by atoms with Crippen LogP contribution in [0.1, 0.15) is 309 Å². The Kier molecular flexibility index (Phi) is 54.1. The molecule has 0 bridgehead atoms. The third kappa shape index (κ3) is 51.5. The van der Waals surface area contributed by atoms with Crippen molar-refractivity contribution in [2.24, 2.45) is 0 Å². The summed E-state index contributed by atoms with van der Waals surface area (Å²) in [7, 11) is 0. The molecule has 0 aliphatic carbocycles. The van der Waals surface area contributed by atoms with Gasteiger partial charge in [-0.1, -0.05) is 262 Å². The highest BCUT2D eigenvalue weighted by Crippen LogP contribution is 2.16. The molecule has 0 aromatic heterocycles. The van der Waals surface area contributed by atoms with Crippen LogP contribution in [0.5, 0.6) is 0 Å². The molecule has 0 radical (unpaired) electrons. The van der Waals surface area contributed by atoms with Crippen LogP contribution >= 0.6 is 0 Å². The van der Waals surface area contributed by atoms with Crippen molar-refractivity contribution in [1.29, 1.82) is 0 Å². The van der Waals surface area contributed by atoms with Crippen LogP contribution in [0.3, 0.4) is 0 Å². The van der Waals surface area contributed by atoms with Crippen molar-refractivity contribution in [2.45, 2.75) is 321 Å². The second-order valence-electron chi connectivity index (χ2n) is 20.0. The molecule has 3 N–H and O–H groups in total. The number of esters is 1. The Bertz CT molecular complexity index is 1070. The molecule has 1 amide bonds. The van der Waals surface area contributed by atoms with E-state index in [0.717, 1.165) is 83.5 Å². The summed E-state index contributed by atoms with van der Waals surface area (Å²) in [6.07, 6.45) is 68.8. The average molecular weight is 929 g/mol. The van der Waals surface area contributed by atoms with E-state index in [4.69, 9.17) is 4.74 Å². The van der Waals surface area contributed by atoms with E-state index < -0.39 is 12.1 Å². The van der Waals surface area contributed by atoms with Crippen molar-refractivity contribution in [2.75, 3.05) is 13.2 Å². The van der Waals surface area contributed by atoms with Crippen LogP contribution < -0.4 is 5.32 Å². The molecule has 0 saturated heterocycles. The molecular formula is C60H113NO5. The van der Waals surface area contributed by atoms with E-state index in [-0.39, 0.29) is 18.5 Å². The van der Waals surface area contributed by atoms with Crippen molar-refractivity contribution < 1.29 is 24.5 Å². The lowest BCUT2D eigenvalue weighted by molar-refractivity contribution is -0.143. The van der Waals surface area contributed by atoms with Gasteiger partial charge in [0.15, 0.2) is 0 Å². The minimum atomic E-state index is -0.855. The third-order valence-corrected chi connectivity index (χ3v) is 13.4. The second-order valence-corrected chi connectivity index (χ2v) is 20.0. The topological polar surface area (TPSA) is 95.9 Å². The lowest BCUT2D eigenvalue weighted by atomic mass is 10.0. The number of aliphatic hydroxyl groups excluding tert-OH is 2. The molecule has 2 unspecified atom stereocenters. The van der Waals surface area contributed by atoms with Crippen molar-refractivity contribution in [3.05, 3.63) is 36.5 Å². The molecule has 0 heterocycles. The van der Waals surface area contributed by atoms with Crippen LogP contribution in [0.2, 0.25) is 0 Å². The Morgan fingerprint density at radius 1 is 0.424 bits per heavy atom. The Hall–Kier alpha value is -1.92. The molecule has 0 saturated carbocycles. The second kappa shape index (κ2) is 55.7. The fourth-order valence-corrected chi connectivity index (χ4v) is 8.90. The van der Waals surface area contributed by atoms with Crippen LogP contribution in [0.15, 0.2) is 36.5 Å². The summed E-state index contributed by atoms with van der Waals surface area (Å²) >= 11 is 0. The van der Waals surface area contributed by atoms with Crippen molar-refractivity contribution in [3.63, 3.8) is 0 Å². The Morgan fingerprint density at radius 2 is 0.758 bits per heavy atom. The minimum absolute atomic E-state index is 0.0136. The maximum absolute atomic E-state index is 12.5. The minimum Gasteiger partial charge on any atom is -0.466 e. The van der Waals surface area contributed by atoms with Crippen LogP contribution in [0.4, 0.5) is 0 Å². The molecule has 0 fully saturated rings. The number of hydrogen-bond donors (Lipinski definition) is 3. The highest BCUT2D eigenvalue weighted by molar-refractivity contribution is 5.76. The van der Waals surface area contributed by atoms with Gasteiger partial charge in [-0.05, 0) is 70.6 Å². The van der Waals surface area contributed by atoms with E-state index in [1.807, 2.05) is 6.08 Å². The molecule has 0 aromatic rings. The van der Waals surface area contributed by atoms with Crippen molar-refractivity contribution >= 4 is 11.9 Å². The van der Waals surface area contributed by atoms with Crippen LogP contribution in [0, 0.1) is 0 Å². The van der Waals surface area contributed by atoms with Gasteiger partial charge in [-0.2, -0.15) is 0 Å². The van der Waals surface area contributed by atoms with Gasteiger partial charge < -0.3 is 20.3 Å². The summed E-state index contributed by atoms with van der Waals surface area (Å²) in [5.41, 5.74) is 0. The van der Waals surface area contributed by atoms with Gasteiger partial charge in [-0.25, -0.2) is 0 Å². The van der Waals surface area contributed by atoms with Gasteiger partial charge in [0.25, 0.3) is 0 Å². The van der Waals surface area contributed by atoms with Crippen LogP contribution in [-0.4, -0.2) is 47.4 Å². The Labute approximate surface area is 411 Å². The van der Waals surface area contributed by atoms with E-state index >= 15 is 0 Å². The standard InChI is InChI=1S/C60H113NO5/c1-3-5-7-9-11-13-15-17-19-21-25-28-32-36-40-44-48-52-58(63)57(56-62)61-59(64)53-49-45-41-37-33-29-26-22-20-23-27-31-35-39-43-47-51-55-66-60(65)54-50-46-42-38-34-30-24-18-16-14-12-10-8-6-4-2/h20,23,31,35,48,52,57-58,62-63H,3-19,21-22,24-30,32-34,36-47,49-51,53-56H2,1-2H3,(H,61,64)/b23-20-,35-31-,52-48+. The van der Waals surface area contributed by atoms with Gasteiger partial charge in [0.2, 0.25) is 5.91 Å². The first-order chi connectivity index (χ1) is 32.5. The first-order valence-electron chi connectivity index (χ1n) is 29.3. The average Bonchev–Trinajstić information content (AvgIpc) is 3.32. The smallest absolute Gasteiger partial charge is 0.305 e. The molecule has 6 heteroatoms. The SMILES string of the molecule is CCCCCCCCCCCCCCCCC/C=C/C(O)C(CO)NC(=O)CCCCCCCCC/C=C\C/C=C\CCCCCOC(=O)CCCCCCCCCCCCCCCCC. The van der Waals surface area contributed by atoms with Crippen LogP contribution in [-0.2, 0) is 14.3 Å². The van der Waals surface area contributed by atoms with Crippen molar-refractivity contribution in [3.8, 4) is 0 Å². The lowest BCUT2D eigenvalue weighted by Crippen LogP contribution is -2.45. The number of unbranched alkanes of at least 4 members (excludes halogenated alkanes) is 39. The zero-order valence-electron chi connectivity index (χ0n) is 44.2. The van der Waals surface area contributed by atoms with Gasteiger partial charge in [0.05, 0.1) is 25.4 Å². The molecule has 0 rings (SSSR count). The summed E-state index contributed by atoms with van der Waals surface area (Å²) in [5, 5.41) is 23.1. The van der Waals surface area contributed by atoms with E-state index in [9.17, 15) is 19.8 Å². The highest BCUT2D eigenvalue weighted by atomic mass is 16.5. The largest absolute Gasteiger partial charge is 0.466 e. The molecule has 2 atom stereocenters. The van der Waals surface area contributed by atoms with Gasteiger partial charge in [-0.3, -0.25) is 9.59 Å². The summed E-state index contributed by atoms with van der Waals surface area (Å²) in [4.78, 5) is 24.5. The highest BCUT2D eigenvalue weighted by Gasteiger charge is 2.18. The van der Waals surface area contributed by atoms with Gasteiger partial charge in [0.1, 0.15) is 0 Å². The third-order valence-electron chi connectivity index (χ3n) is 13.4. The number of rotatable bonds is 54. The number of ether oxygens (including phenoxy) is 1. The van der Waals surface area contributed by atoms with E-state index in [2.05, 4.69) is 43.5 Å². The monoisotopic (exact) mass is 928 g/mol. The summed E-state index contributed by atoms with van der Waals surface area (Å²) in [6.45, 7) is 4.87. The van der Waals surface area contributed by atoms with Gasteiger partial charge in [0, 0.05) is 12.8 Å².